The summed E-state index contributed by atoms with van der Waals surface area (Å²) in [5.74, 6) is 0.318. The van der Waals surface area contributed by atoms with Crippen LogP contribution in [0.2, 0.25) is 0 Å². The number of halogens is 3. The summed E-state index contributed by atoms with van der Waals surface area (Å²) in [6.07, 6.45) is 0. The van der Waals surface area contributed by atoms with Crippen LogP contribution in [0, 0.1) is 5.82 Å². The van der Waals surface area contributed by atoms with Gasteiger partial charge in [0.05, 0.1) is 10.0 Å². The number of nitrogens with two attached hydrogens (primary N) is 1. The smallest absolute Gasteiger partial charge is 0.178 e. The van der Waals surface area contributed by atoms with Gasteiger partial charge in [-0.1, -0.05) is 39.3 Å². The molecule has 3 nitrogen and oxygen atoms in total. The van der Waals surface area contributed by atoms with Gasteiger partial charge in [0, 0.05) is 10.0 Å². The van der Waals surface area contributed by atoms with Gasteiger partial charge < -0.3 is 10.3 Å². The minimum Gasteiger partial charge on any atom is -0.380 e. The third-order valence-electron chi connectivity index (χ3n) is 3.03. The van der Waals surface area contributed by atoms with Crippen molar-refractivity contribution >= 4 is 37.7 Å². The number of benzene rings is 2. The molecule has 2 N–H and O–H groups in total. The zero-order valence-electron chi connectivity index (χ0n) is 10.6. The molecule has 1 aromatic heterocycles. The molecule has 2 aromatic carbocycles. The second kappa shape index (κ2) is 5.61. The van der Waals surface area contributed by atoms with Crippen LogP contribution in [0.3, 0.4) is 0 Å². The molecule has 0 aliphatic heterocycles. The van der Waals surface area contributed by atoms with Crippen molar-refractivity contribution < 1.29 is 8.91 Å². The second-order valence-corrected chi connectivity index (χ2v) is 6.09. The minimum atomic E-state index is -0.373. The Bertz CT molecular complexity index is 817. The normalized spacial score (nSPS) is 10.8. The van der Waals surface area contributed by atoms with E-state index in [0.29, 0.717) is 21.4 Å². The Labute approximate surface area is 137 Å². The van der Waals surface area contributed by atoms with E-state index >= 15 is 0 Å². The van der Waals surface area contributed by atoms with Crippen LogP contribution >= 0.6 is 31.9 Å². The summed E-state index contributed by atoms with van der Waals surface area (Å²) in [6.45, 7) is 0. The zero-order chi connectivity index (χ0) is 15.0. The van der Waals surface area contributed by atoms with Crippen LogP contribution in [-0.4, -0.2) is 5.16 Å². The Morgan fingerprint density at radius 2 is 1.86 bits per heavy atom. The lowest BCUT2D eigenvalue weighted by atomic mass is 10.0. The predicted molar refractivity (Wildman–Crippen MR) is 87.1 cm³/mol. The van der Waals surface area contributed by atoms with E-state index in [1.54, 1.807) is 12.1 Å². The molecule has 0 unspecified atom stereocenters. The van der Waals surface area contributed by atoms with Crippen molar-refractivity contribution in [2.24, 2.45) is 0 Å². The van der Waals surface area contributed by atoms with Crippen molar-refractivity contribution in [1.82, 2.24) is 5.16 Å². The van der Waals surface area contributed by atoms with Crippen LogP contribution in [0.25, 0.3) is 22.5 Å². The van der Waals surface area contributed by atoms with Crippen molar-refractivity contribution in [2.45, 2.75) is 0 Å². The predicted octanol–water partition coefficient (Wildman–Crippen LogP) is 5.25. The summed E-state index contributed by atoms with van der Waals surface area (Å²) >= 11 is 6.65. The number of aromatic nitrogens is 1. The van der Waals surface area contributed by atoms with Crippen molar-refractivity contribution in [3.63, 3.8) is 0 Å². The van der Waals surface area contributed by atoms with Gasteiger partial charge in [0.1, 0.15) is 5.82 Å². The Morgan fingerprint density at radius 1 is 1.10 bits per heavy atom. The third-order valence-corrected chi connectivity index (χ3v) is 4.33. The lowest BCUT2D eigenvalue weighted by Gasteiger charge is -2.06. The zero-order valence-corrected chi connectivity index (χ0v) is 13.8. The topological polar surface area (TPSA) is 52.0 Å². The number of rotatable bonds is 2. The molecule has 106 valence electrons. The fraction of sp³-hybridized carbons (Fsp3) is 0. The van der Waals surface area contributed by atoms with Crippen LogP contribution in [0.1, 0.15) is 0 Å². The van der Waals surface area contributed by atoms with E-state index in [1.165, 1.54) is 6.07 Å². The molecule has 0 saturated carbocycles. The summed E-state index contributed by atoms with van der Waals surface area (Å²) in [5.41, 5.74) is 7.97. The third kappa shape index (κ3) is 2.61. The van der Waals surface area contributed by atoms with Gasteiger partial charge in [-0.25, -0.2) is 4.39 Å². The molecular formula is C15H9Br2FN2O. The Kier molecular flexibility index (Phi) is 3.82. The highest BCUT2D eigenvalue weighted by molar-refractivity contribution is 9.10. The molecule has 0 fully saturated rings. The highest BCUT2D eigenvalue weighted by atomic mass is 79.9. The molecule has 3 rings (SSSR count). The fourth-order valence-corrected chi connectivity index (χ4v) is 2.93. The quantitative estimate of drug-likeness (QED) is 0.626. The van der Waals surface area contributed by atoms with Gasteiger partial charge in [0.15, 0.2) is 11.6 Å². The largest absolute Gasteiger partial charge is 0.380 e. The molecule has 6 heteroatoms. The summed E-state index contributed by atoms with van der Waals surface area (Å²) in [4.78, 5) is 0. The van der Waals surface area contributed by atoms with Crippen LogP contribution in [-0.2, 0) is 0 Å². The Hall–Kier alpha value is -1.66. The van der Waals surface area contributed by atoms with E-state index in [1.807, 2.05) is 24.3 Å². The second-order valence-electron chi connectivity index (χ2n) is 4.38. The van der Waals surface area contributed by atoms with E-state index in [0.717, 1.165) is 10.0 Å². The minimum absolute atomic E-state index is 0.263. The van der Waals surface area contributed by atoms with Crippen molar-refractivity contribution in [1.29, 1.82) is 0 Å². The molecular weight excluding hydrogens is 403 g/mol. The lowest BCUT2D eigenvalue weighted by molar-refractivity contribution is 0.435. The first-order valence-corrected chi connectivity index (χ1v) is 7.62. The highest BCUT2D eigenvalue weighted by Crippen LogP contribution is 2.40. The number of nitrogen functional groups attached to an aromatic ring is 1. The molecule has 0 aliphatic carbocycles. The highest BCUT2D eigenvalue weighted by Gasteiger charge is 2.20. The van der Waals surface area contributed by atoms with E-state index in [2.05, 4.69) is 37.0 Å². The average Bonchev–Trinajstić information content (AvgIpc) is 2.83. The van der Waals surface area contributed by atoms with Crippen molar-refractivity contribution in [3.8, 4) is 22.5 Å². The van der Waals surface area contributed by atoms with Crippen LogP contribution in [0.4, 0.5) is 10.2 Å². The van der Waals surface area contributed by atoms with Gasteiger partial charge in [-0.15, -0.1) is 0 Å². The standard InChI is InChI=1S/C15H9Br2FN2O/c16-9-4-1-3-8(7-9)12-14(21-20-15(12)19)10-5-2-6-11(18)13(10)17/h1-7H,(H2,19,20). The maximum atomic E-state index is 13.7. The summed E-state index contributed by atoms with van der Waals surface area (Å²) in [6, 6.07) is 12.3. The lowest BCUT2D eigenvalue weighted by Crippen LogP contribution is -1.90. The van der Waals surface area contributed by atoms with Gasteiger partial charge in [-0.05, 0) is 45.8 Å². The van der Waals surface area contributed by atoms with Gasteiger partial charge in [-0.3, -0.25) is 0 Å². The molecule has 21 heavy (non-hydrogen) atoms. The van der Waals surface area contributed by atoms with Crippen LogP contribution in [0.15, 0.2) is 55.9 Å². The number of anilines is 1. The molecule has 0 aliphatic rings. The first-order chi connectivity index (χ1) is 10.1. The SMILES string of the molecule is Nc1noc(-c2cccc(F)c2Br)c1-c1cccc(Br)c1. The van der Waals surface area contributed by atoms with E-state index in [4.69, 9.17) is 10.3 Å². The van der Waals surface area contributed by atoms with Crippen LogP contribution in [0.5, 0.6) is 0 Å². The number of hydrogen-bond acceptors (Lipinski definition) is 3. The van der Waals surface area contributed by atoms with E-state index in [-0.39, 0.29) is 11.6 Å². The van der Waals surface area contributed by atoms with Gasteiger partial charge in [0.25, 0.3) is 0 Å². The van der Waals surface area contributed by atoms with Crippen LogP contribution < -0.4 is 5.73 Å². The molecule has 0 saturated heterocycles. The maximum absolute atomic E-state index is 13.7. The first-order valence-electron chi connectivity index (χ1n) is 6.03. The van der Waals surface area contributed by atoms with Gasteiger partial charge >= 0.3 is 0 Å². The summed E-state index contributed by atoms with van der Waals surface area (Å²) in [7, 11) is 0. The van der Waals surface area contributed by atoms with E-state index < -0.39 is 0 Å². The molecule has 0 atom stereocenters. The monoisotopic (exact) mass is 410 g/mol. The summed E-state index contributed by atoms with van der Waals surface area (Å²) in [5, 5.41) is 3.81. The average molecular weight is 412 g/mol. The number of nitrogens with zero attached hydrogens (tertiary/aromatic N) is 1. The molecule has 0 spiro atoms. The molecule has 3 aromatic rings. The Morgan fingerprint density at radius 3 is 2.62 bits per heavy atom. The summed E-state index contributed by atoms with van der Waals surface area (Å²) < 4.78 is 20.3. The molecule has 0 radical (unpaired) electrons. The molecule has 0 bridgehead atoms. The maximum Gasteiger partial charge on any atom is 0.178 e. The fourth-order valence-electron chi connectivity index (χ4n) is 2.09. The van der Waals surface area contributed by atoms with Crippen molar-refractivity contribution in [3.05, 3.63) is 57.2 Å². The molecule has 1 heterocycles. The van der Waals surface area contributed by atoms with Gasteiger partial charge in [0.2, 0.25) is 0 Å². The number of hydrogen-bond donors (Lipinski definition) is 1. The van der Waals surface area contributed by atoms with Crippen molar-refractivity contribution in [2.75, 3.05) is 5.73 Å². The molecule has 0 amide bonds. The first kappa shape index (κ1) is 14.3. The Balaban J connectivity index is 2.24. The van der Waals surface area contributed by atoms with Gasteiger partial charge in [-0.2, -0.15) is 0 Å². The van der Waals surface area contributed by atoms with E-state index in [9.17, 15) is 4.39 Å².